The van der Waals surface area contributed by atoms with Crippen molar-refractivity contribution in [2.24, 2.45) is 0 Å². The van der Waals surface area contributed by atoms with Gasteiger partial charge >= 0.3 is 0 Å². The Morgan fingerprint density at radius 2 is 1.40 bits per heavy atom. The van der Waals surface area contributed by atoms with Gasteiger partial charge in [-0.15, -0.1) is 0 Å². The van der Waals surface area contributed by atoms with E-state index in [1.165, 1.54) is 11.1 Å². The highest BCUT2D eigenvalue weighted by atomic mass is 16.6. The first-order valence-corrected chi connectivity index (χ1v) is 7.29. The van der Waals surface area contributed by atoms with Crippen LogP contribution in [0.4, 0.5) is 0 Å². The van der Waals surface area contributed by atoms with Crippen LogP contribution in [0.1, 0.15) is 23.5 Å². The maximum atomic E-state index is 6.08. The lowest BCUT2D eigenvalue weighted by molar-refractivity contribution is 0.0197. The maximum absolute atomic E-state index is 6.08. The topological polar surface area (TPSA) is 21.8 Å². The van der Waals surface area contributed by atoms with E-state index in [0.29, 0.717) is 18.1 Å². The standard InChI is InChI=1S/C18H18O2/c1-3-7-13(8-4-1)18(14-9-5-2-6-10-14)16-11-15-17(20-15)12-19-16/h1-10,15-18H,11-12H2/t15-,16-,17+/m1/s1. The Morgan fingerprint density at radius 3 is 1.95 bits per heavy atom. The maximum Gasteiger partial charge on any atom is 0.108 e. The summed E-state index contributed by atoms with van der Waals surface area (Å²) >= 11 is 0. The van der Waals surface area contributed by atoms with Crippen molar-refractivity contribution >= 4 is 0 Å². The van der Waals surface area contributed by atoms with Gasteiger partial charge in [0.2, 0.25) is 0 Å². The molecule has 2 aliphatic heterocycles. The van der Waals surface area contributed by atoms with Crippen LogP contribution < -0.4 is 0 Å². The molecule has 0 aromatic heterocycles. The molecule has 2 heterocycles. The summed E-state index contributed by atoms with van der Waals surface area (Å²) in [6, 6.07) is 21.3. The molecule has 20 heavy (non-hydrogen) atoms. The molecule has 2 aromatic rings. The first kappa shape index (κ1) is 12.1. The van der Waals surface area contributed by atoms with Gasteiger partial charge in [0.25, 0.3) is 0 Å². The molecule has 0 radical (unpaired) electrons. The fourth-order valence-electron chi connectivity index (χ4n) is 3.22. The largest absolute Gasteiger partial charge is 0.374 e. The van der Waals surface area contributed by atoms with Gasteiger partial charge in [0.15, 0.2) is 0 Å². The third-order valence-electron chi connectivity index (χ3n) is 4.32. The van der Waals surface area contributed by atoms with Crippen LogP contribution in [0.15, 0.2) is 60.7 Å². The first-order valence-electron chi connectivity index (χ1n) is 7.29. The SMILES string of the molecule is c1ccc(C(c2ccccc2)[C@H]2C[C@H]3O[C@H]3CO2)cc1. The van der Waals surface area contributed by atoms with Crippen LogP contribution in [0, 0.1) is 0 Å². The first-order chi connectivity index (χ1) is 9.92. The second-order valence-electron chi connectivity index (χ2n) is 5.62. The minimum absolute atomic E-state index is 0.212. The van der Waals surface area contributed by atoms with E-state index in [0.717, 1.165) is 13.0 Å². The van der Waals surface area contributed by atoms with Gasteiger partial charge in [0.05, 0.1) is 18.8 Å². The molecule has 2 aromatic carbocycles. The van der Waals surface area contributed by atoms with E-state index in [-0.39, 0.29) is 6.10 Å². The van der Waals surface area contributed by atoms with Gasteiger partial charge in [0.1, 0.15) is 6.10 Å². The molecule has 2 fully saturated rings. The van der Waals surface area contributed by atoms with Crippen molar-refractivity contribution in [1.29, 1.82) is 0 Å². The van der Waals surface area contributed by atoms with Crippen molar-refractivity contribution in [2.45, 2.75) is 30.7 Å². The van der Waals surface area contributed by atoms with Crippen LogP contribution >= 0.6 is 0 Å². The van der Waals surface area contributed by atoms with Crippen molar-refractivity contribution in [3.63, 3.8) is 0 Å². The van der Waals surface area contributed by atoms with E-state index < -0.39 is 0 Å². The minimum atomic E-state index is 0.212. The van der Waals surface area contributed by atoms with Crippen LogP contribution in [-0.2, 0) is 9.47 Å². The number of fused-ring (bicyclic) bond motifs is 1. The zero-order chi connectivity index (χ0) is 13.4. The molecule has 0 unspecified atom stereocenters. The lowest BCUT2D eigenvalue weighted by atomic mass is 9.83. The lowest BCUT2D eigenvalue weighted by Gasteiger charge is -2.29. The Morgan fingerprint density at radius 1 is 0.800 bits per heavy atom. The summed E-state index contributed by atoms with van der Waals surface area (Å²) in [5.74, 6) is 0.294. The Bertz CT molecular complexity index is 527. The van der Waals surface area contributed by atoms with Crippen molar-refractivity contribution in [1.82, 2.24) is 0 Å². The molecule has 0 aliphatic carbocycles. The summed E-state index contributed by atoms with van der Waals surface area (Å²) in [7, 11) is 0. The number of benzene rings is 2. The van der Waals surface area contributed by atoms with Crippen LogP contribution in [0.3, 0.4) is 0 Å². The average molecular weight is 266 g/mol. The molecule has 4 rings (SSSR count). The molecule has 0 amide bonds. The number of epoxide rings is 1. The molecule has 0 spiro atoms. The molecule has 2 nitrogen and oxygen atoms in total. The quantitative estimate of drug-likeness (QED) is 0.794. The minimum Gasteiger partial charge on any atom is -0.374 e. The lowest BCUT2D eigenvalue weighted by Crippen LogP contribution is -2.31. The number of ether oxygens (including phenoxy) is 2. The van der Waals surface area contributed by atoms with Crippen LogP contribution in [-0.4, -0.2) is 24.9 Å². The van der Waals surface area contributed by atoms with Crippen molar-refractivity contribution in [3.05, 3.63) is 71.8 Å². The molecule has 2 heteroatoms. The van der Waals surface area contributed by atoms with Gasteiger partial charge < -0.3 is 9.47 Å². The van der Waals surface area contributed by atoms with Crippen LogP contribution in [0.5, 0.6) is 0 Å². The van der Waals surface area contributed by atoms with Crippen molar-refractivity contribution < 1.29 is 9.47 Å². The number of hydrogen-bond donors (Lipinski definition) is 0. The summed E-state index contributed by atoms with van der Waals surface area (Å²) < 4.78 is 11.7. The highest BCUT2D eigenvalue weighted by Crippen LogP contribution is 2.40. The predicted octanol–water partition coefficient (Wildman–Crippen LogP) is 3.37. The Labute approximate surface area is 119 Å². The summed E-state index contributed by atoms with van der Waals surface area (Å²) in [5, 5.41) is 0. The van der Waals surface area contributed by atoms with Gasteiger partial charge in [-0.1, -0.05) is 60.7 Å². The van der Waals surface area contributed by atoms with E-state index in [9.17, 15) is 0 Å². The molecular weight excluding hydrogens is 248 g/mol. The zero-order valence-corrected chi connectivity index (χ0v) is 11.3. The fraction of sp³-hybridized carbons (Fsp3) is 0.333. The van der Waals surface area contributed by atoms with E-state index in [1.807, 2.05) is 0 Å². The van der Waals surface area contributed by atoms with Crippen LogP contribution in [0.25, 0.3) is 0 Å². The number of rotatable bonds is 3. The number of hydrogen-bond acceptors (Lipinski definition) is 2. The van der Waals surface area contributed by atoms with Gasteiger partial charge in [-0.2, -0.15) is 0 Å². The molecule has 0 saturated carbocycles. The van der Waals surface area contributed by atoms with Gasteiger partial charge in [0, 0.05) is 12.3 Å². The highest BCUT2D eigenvalue weighted by molar-refractivity contribution is 5.34. The molecular formula is C18H18O2. The monoisotopic (exact) mass is 266 g/mol. The molecule has 2 saturated heterocycles. The second kappa shape index (κ2) is 5.04. The smallest absolute Gasteiger partial charge is 0.108 e. The average Bonchev–Trinajstić information content (AvgIpc) is 3.28. The third kappa shape index (κ3) is 2.26. The molecule has 0 bridgehead atoms. The Balaban J connectivity index is 1.69. The second-order valence-corrected chi connectivity index (χ2v) is 5.62. The van der Waals surface area contributed by atoms with E-state index in [2.05, 4.69) is 60.7 Å². The van der Waals surface area contributed by atoms with E-state index in [1.54, 1.807) is 0 Å². The van der Waals surface area contributed by atoms with Crippen molar-refractivity contribution in [2.75, 3.05) is 6.61 Å². The van der Waals surface area contributed by atoms with E-state index >= 15 is 0 Å². The molecule has 0 N–H and O–H groups in total. The van der Waals surface area contributed by atoms with Gasteiger partial charge in [-0.25, -0.2) is 0 Å². The highest BCUT2D eigenvalue weighted by Gasteiger charge is 2.47. The van der Waals surface area contributed by atoms with E-state index in [4.69, 9.17) is 9.47 Å². The summed E-state index contributed by atoms with van der Waals surface area (Å²) in [5.41, 5.74) is 2.64. The Hall–Kier alpha value is -1.64. The summed E-state index contributed by atoms with van der Waals surface area (Å²) in [4.78, 5) is 0. The van der Waals surface area contributed by atoms with Gasteiger partial charge in [-0.3, -0.25) is 0 Å². The predicted molar refractivity (Wildman–Crippen MR) is 77.7 cm³/mol. The van der Waals surface area contributed by atoms with Gasteiger partial charge in [-0.05, 0) is 11.1 Å². The van der Waals surface area contributed by atoms with Crippen molar-refractivity contribution in [3.8, 4) is 0 Å². The normalized spacial score (nSPS) is 28.1. The Kier molecular flexibility index (Phi) is 3.06. The van der Waals surface area contributed by atoms with Crippen LogP contribution in [0.2, 0.25) is 0 Å². The molecule has 3 atom stereocenters. The molecule has 2 aliphatic rings. The molecule has 102 valence electrons. The summed E-state index contributed by atoms with van der Waals surface area (Å²) in [6.07, 6.45) is 1.99. The third-order valence-corrected chi connectivity index (χ3v) is 4.32. The fourth-order valence-corrected chi connectivity index (χ4v) is 3.22. The zero-order valence-electron chi connectivity index (χ0n) is 11.3. The summed E-state index contributed by atoms with van der Waals surface area (Å²) in [6.45, 7) is 0.742.